The summed E-state index contributed by atoms with van der Waals surface area (Å²) in [4.78, 5) is 14.6. The molecule has 0 unspecified atom stereocenters. The lowest BCUT2D eigenvalue weighted by Gasteiger charge is -2.29. The number of benzene rings is 1. The lowest BCUT2D eigenvalue weighted by Crippen LogP contribution is -2.42. The van der Waals surface area contributed by atoms with Crippen molar-refractivity contribution in [1.82, 2.24) is 4.90 Å². The maximum atomic E-state index is 12.6. The molecule has 0 radical (unpaired) electrons. The van der Waals surface area contributed by atoms with Gasteiger partial charge in [-0.15, -0.1) is 0 Å². The first-order valence-corrected chi connectivity index (χ1v) is 9.13. The lowest BCUT2D eigenvalue weighted by molar-refractivity contribution is 0.0214. The maximum absolute atomic E-state index is 12.6. The Morgan fingerprint density at radius 2 is 1.96 bits per heavy atom. The van der Waals surface area contributed by atoms with Gasteiger partial charge in [-0.1, -0.05) is 32.0 Å². The largest absolute Gasteiger partial charge is 0.444 e. The Bertz CT molecular complexity index is 606. The molecule has 0 spiro atoms. The molecule has 1 N–H and O–H groups in total. The summed E-state index contributed by atoms with van der Waals surface area (Å²) >= 11 is 0. The van der Waals surface area contributed by atoms with Gasteiger partial charge in [0.2, 0.25) is 0 Å². The van der Waals surface area contributed by atoms with Gasteiger partial charge in [0.25, 0.3) is 0 Å². The quantitative estimate of drug-likeness (QED) is 0.868. The third-order valence-electron chi connectivity index (χ3n) is 5.06. The number of hydrogen-bond acceptors (Lipinski definition) is 3. The molecule has 132 valence electrons. The van der Waals surface area contributed by atoms with Crippen LogP contribution < -0.4 is 5.32 Å². The van der Waals surface area contributed by atoms with Crippen molar-refractivity contribution in [2.75, 3.05) is 5.32 Å². The number of nitrogens with zero attached hydrogens (tertiary/aromatic N) is 1. The fraction of sp³-hybridized carbons (Fsp3) is 0.650. The summed E-state index contributed by atoms with van der Waals surface area (Å²) in [5.41, 5.74) is 2.10. The van der Waals surface area contributed by atoms with Gasteiger partial charge in [-0.05, 0) is 57.6 Å². The number of hydrogen-bond donors (Lipinski definition) is 1. The van der Waals surface area contributed by atoms with E-state index in [0.717, 1.165) is 19.3 Å². The minimum absolute atomic E-state index is 0.156. The molecule has 0 aliphatic carbocycles. The number of carbonyl (C=O) groups excluding carboxylic acids is 1. The molecule has 2 bridgehead atoms. The summed E-state index contributed by atoms with van der Waals surface area (Å²) in [7, 11) is 0. The number of amides is 1. The van der Waals surface area contributed by atoms with Crippen LogP contribution in [-0.2, 0) is 4.74 Å². The Morgan fingerprint density at radius 3 is 2.62 bits per heavy atom. The van der Waals surface area contributed by atoms with Gasteiger partial charge in [0, 0.05) is 17.8 Å². The molecule has 2 aliphatic rings. The molecule has 0 saturated carbocycles. The monoisotopic (exact) mass is 330 g/mol. The highest BCUT2D eigenvalue weighted by atomic mass is 16.6. The third-order valence-corrected chi connectivity index (χ3v) is 5.06. The van der Waals surface area contributed by atoms with E-state index in [1.807, 2.05) is 25.7 Å². The Kier molecular flexibility index (Phi) is 4.50. The molecule has 0 aromatic heterocycles. The zero-order valence-corrected chi connectivity index (χ0v) is 15.5. The van der Waals surface area contributed by atoms with E-state index >= 15 is 0 Å². The highest BCUT2D eigenvalue weighted by Gasteiger charge is 2.50. The molecular weight excluding hydrogens is 300 g/mol. The van der Waals surface area contributed by atoms with Gasteiger partial charge in [-0.2, -0.15) is 0 Å². The molecule has 1 aromatic carbocycles. The normalized spacial score (nSPS) is 26.1. The molecule has 1 aromatic rings. The van der Waals surface area contributed by atoms with Crippen LogP contribution in [0.3, 0.4) is 0 Å². The highest BCUT2D eigenvalue weighted by molar-refractivity contribution is 5.70. The average molecular weight is 330 g/mol. The second kappa shape index (κ2) is 6.30. The number of fused-ring (bicyclic) bond motifs is 2. The minimum atomic E-state index is -0.438. The summed E-state index contributed by atoms with van der Waals surface area (Å²) in [6.45, 7) is 10.2. The van der Waals surface area contributed by atoms with Gasteiger partial charge >= 0.3 is 6.09 Å². The van der Waals surface area contributed by atoms with Crippen LogP contribution in [0.1, 0.15) is 65.4 Å². The predicted octanol–water partition coefficient (Wildman–Crippen LogP) is 4.76. The van der Waals surface area contributed by atoms with Gasteiger partial charge in [-0.25, -0.2) is 4.79 Å². The topological polar surface area (TPSA) is 41.6 Å². The fourth-order valence-electron chi connectivity index (χ4n) is 4.07. The van der Waals surface area contributed by atoms with E-state index in [2.05, 4.69) is 43.4 Å². The van der Waals surface area contributed by atoms with Gasteiger partial charge in [0.15, 0.2) is 0 Å². The van der Waals surface area contributed by atoms with E-state index in [-0.39, 0.29) is 12.1 Å². The van der Waals surface area contributed by atoms with Crippen molar-refractivity contribution in [1.29, 1.82) is 0 Å². The molecule has 4 nitrogen and oxygen atoms in total. The molecule has 2 fully saturated rings. The second-order valence-electron chi connectivity index (χ2n) is 8.41. The number of anilines is 1. The Balaban J connectivity index is 1.73. The number of ether oxygens (including phenoxy) is 1. The Morgan fingerprint density at radius 1 is 1.25 bits per heavy atom. The molecule has 2 heterocycles. The lowest BCUT2D eigenvalue weighted by atomic mass is 9.94. The van der Waals surface area contributed by atoms with Crippen LogP contribution in [0.4, 0.5) is 10.5 Å². The van der Waals surface area contributed by atoms with Crippen molar-refractivity contribution in [3.8, 4) is 0 Å². The standard InChI is InChI=1S/C20H30N2O2/c1-13(2)15-8-6-7-9-16(15)21-17-12-14-10-11-18(17)22(14)19(23)24-20(3,4)5/h6-9,13-14,17-18,21H,10-12H2,1-5H3/t14-,17+,18+/m0/s1. The average Bonchev–Trinajstić information content (AvgIpc) is 3.03. The predicted molar refractivity (Wildman–Crippen MR) is 97.4 cm³/mol. The van der Waals surface area contributed by atoms with Crippen molar-refractivity contribution >= 4 is 11.8 Å². The molecule has 1 amide bonds. The van der Waals surface area contributed by atoms with Crippen LogP contribution >= 0.6 is 0 Å². The molecule has 2 aliphatic heterocycles. The van der Waals surface area contributed by atoms with E-state index < -0.39 is 5.60 Å². The third kappa shape index (κ3) is 3.38. The number of carbonyl (C=O) groups is 1. The van der Waals surface area contributed by atoms with Gasteiger partial charge in [-0.3, -0.25) is 0 Å². The second-order valence-corrected chi connectivity index (χ2v) is 8.41. The molecule has 3 atom stereocenters. The zero-order valence-electron chi connectivity index (χ0n) is 15.5. The van der Waals surface area contributed by atoms with Crippen molar-refractivity contribution < 1.29 is 9.53 Å². The van der Waals surface area contributed by atoms with Crippen LogP contribution in [0.2, 0.25) is 0 Å². The Labute approximate surface area is 145 Å². The molecule has 4 heteroatoms. The summed E-state index contributed by atoms with van der Waals surface area (Å²) in [5, 5.41) is 3.72. The minimum Gasteiger partial charge on any atom is -0.444 e. The number of para-hydroxylation sites is 1. The van der Waals surface area contributed by atoms with Crippen molar-refractivity contribution in [2.45, 2.75) is 83.5 Å². The highest BCUT2D eigenvalue weighted by Crippen LogP contribution is 2.40. The van der Waals surface area contributed by atoms with E-state index in [1.54, 1.807) is 0 Å². The van der Waals surface area contributed by atoms with Crippen molar-refractivity contribution in [3.05, 3.63) is 29.8 Å². The molecule has 2 saturated heterocycles. The molecule has 24 heavy (non-hydrogen) atoms. The van der Waals surface area contributed by atoms with E-state index in [1.165, 1.54) is 11.3 Å². The summed E-state index contributed by atoms with van der Waals surface area (Å²) < 4.78 is 5.62. The van der Waals surface area contributed by atoms with E-state index in [0.29, 0.717) is 18.0 Å². The van der Waals surface area contributed by atoms with Crippen molar-refractivity contribution in [2.24, 2.45) is 0 Å². The van der Waals surface area contributed by atoms with Crippen molar-refractivity contribution in [3.63, 3.8) is 0 Å². The van der Waals surface area contributed by atoms with Crippen LogP contribution in [0, 0.1) is 0 Å². The first-order chi connectivity index (χ1) is 11.3. The first kappa shape index (κ1) is 17.1. The molecular formula is C20H30N2O2. The molecule has 3 rings (SSSR count). The Hall–Kier alpha value is -1.71. The van der Waals surface area contributed by atoms with Gasteiger partial charge in [0.05, 0.1) is 6.04 Å². The number of nitrogens with one attached hydrogen (secondary N) is 1. The smallest absolute Gasteiger partial charge is 0.410 e. The fourth-order valence-corrected chi connectivity index (χ4v) is 4.07. The van der Waals surface area contributed by atoms with Gasteiger partial charge < -0.3 is 15.0 Å². The first-order valence-electron chi connectivity index (χ1n) is 9.13. The maximum Gasteiger partial charge on any atom is 0.410 e. The van der Waals surface area contributed by atoms with E-state index in [4.69, 9.17) is 4.74 Å². The zero-order chi connectivity index (χ0) is 17.5. The van der Waals surface area contributed by atoms with Gasteiger partial charge in [0.1, 0.15) is 5.60 Å². The summed E-state index contributed by atoms with van der Waals surface area (Å²) in [5.74, 6) is 0.481. The van der Waals surface area contributed by atoms with Crippen LogP contribution in [0.5, 0.6) is 0 Å². The van der Waals surface area contributed by atoms with Crippen LogP contribution in [-0.4, -0.2) is 34.7 Å². The van der Waals surface area contributed by atoms with Crippen LogP contribution in [0.25, 0.3) is 0 Å². The summed E-state index contributed by atoms with van der Waals surface area (Å²) in [6.07, 6.45) is 3.01. The van der Waals surface area contributed by atoms with E-state index in [9.17, 15) is 4.79 Å². The number of rotatable bonds is 3. The SMILES string of the molecule is CC(C)c1ccccc1N[C@@H]1C[C@@H]2CC[C@H]1N2C(=O)OC(C)(C)C. The van der Waals surface area contributed by atoms with Crippen LogP contribution in [0.15, 0.2) is 24.3 Å². The summed E-state index contributed by atoms with van der Waals surface area (Å²) in [6, 6.07) is 9.38.